The van der Waals surface area contributed by atoms with Crippen LogP contribution in [0.5, 0.6) is 5.75 Å². The van der Waals surface area contributed by atoms with Crippen LogP contribution in [0.3, 0.4) is 0 Å². The van der Waals surface area contributed by atoms with Gasteiger partial charge in [0.05, 0.1) is 12.3 Å². The average Bonchev–Trinajstić information content (AvgIpc) is 2.96. The maximum atomic E-state index is 5.77. The molecule has 0 aliphatic rings. The van der Waals surface area contributed by atoms with Crippen LogP contribution in [0.15, 0.2) is 23.6 Å². The zero-order valence-electron chi connectivity index (χ0n) is 13.3. The molecule has 0 atom stereocenters. The van der Waals surface area contributed by atoms with E-state index in [9.17, 15) is 0 Å². The minimum atomic E-state index is 0.145. The quantitative estimate of drug-likeness (QED) is 0.863. The SMILES string of the molecule is CCOc1ccc(C(C)(C)CC)cc1-c1csc(CN)n1. The summed E-state index contributed by atoms with van der Waals surface area (Å²) < 4.78 is 5.77. The molecule has 0 aliphatic heterocycles. The van der Waals surface area contributed by atoms with E-state index >= 15 is 0 Å². The molecule has 0 bridgehead atoms. The van der Waals surface area contributed by atoms with Gasteiger partial charge in [-0.3, -0.25) is 0 Å². The fourth-order valence-corrected chi connectivity index (χ4v) is 2.84. The highest BCUT2D eigenvalue weighted by molar-refractivity contribution is 7.09. The average molecular weight is 304 g/mol. The van der Waals surface area contributed by atoms with Crippen molar-refractivity contribution in [1.29, 1.82) is 0 Å². The first kappa shape index (κ1) is 16.0. The number of hydrogen-bond donors (Lipinski definition) is 1. The van der Waals surface area contributed by atoms with Crippen molar-refractivity contribution < 1.29 is 4.74 Å². The number of aromatic nitrogens is 1. The fourth-order valence-electron chi connectivity index (χ4n) is 2.16. The van der Waals surface area contributed by atoms with Crippen LogP contribution in [0, 0.1) is 0 Å². The third kappa shape index (κ3) is 3.44. The molecule has 0 saturated heterocycles. The number of hydrogen-bond acceptors (Lipinski definition) is 4. The van der Waals surface area contributed by atoms with Crippen LogP contribution in [-0.2, 0) is 12.0 Å². The number of nitrogens with zero attached hydrogens (tertiary/aromatic N) is 1. The predicted octanol–water partition coefficient (Wildman–Crippen LogP) is 4.36. The van der Waals surface area contributed by atoms with E-state index in [1.54, 1.807) is 11.3 Å². The zero-order chi connectivity index (χ0) is 15.5. The monoisotopic (exact) mass is 304 g/mol. The molecule has 0 fully saturated rings. The third-order valence-electron chi connectivity index (χ3n) is 3.95. The smallest absolute Gasteiger partial charge is 0.128 e. The first-order chi connectivity index (χ1) is 10.0. The Morgan fingerprint density at radius 1 is 1.29 bits per heavy atom. The van der Waals surface area contributed by atoms with Crippen molar-refractivity contribution in [1.82, 2.24) is 4.98 Å². The summed E-state index contributed by atoms with van der Waals surface area (Å²) in [4.78, 5) is 4.60. The highest BCUT2D eigenvalue weighted by Crippen LogP contribution is 2.36. The maximum Gasteiger partial charge on any atom is 0.128 e. The molecule has 0 saturated carbocycles. The van der Waals surface area contributed by atoms with Crippen LogP contribution in [0.4, 0.5) is 0 Å². The van der Waals surface area contributed by atoms with E-state index in [-0.39, 0.29) is 5.41 Å². The number of rotatable bonds is 6. The van der Waals surface area contributed by atoms with Gasteiger partial charge in [0.25, 0.3) is 0 Å². The van der Waals surface area contributed by atoms with E-state index < -0.39 is 0 Å². The van der Waals surface area contributed by atoms with E-state index in [4.69, 9.17) is 10.5 Å². The molecule has 1 heterocycles. The summed E-state index contributed by atoms with van der Waals surface area (Å²) in [6.45, 7) is 9.87. The second-order valence-corrected chi connectivity index (χ2v) is 6.65. The first-order valence-electron chi connectivity index (χ1n) is 7.44. The van der Waals surface area contributed by atoms with Crippen LogP contribution >= 0.6 is 11.3 Å². The number of nitrogens with two attached hydrogens (primary N) is 1. The van der Waals surface area contributed by atoms with Crippen LogP contribution in [0.1, 0.15) is 44.7 Å². The topological polar surface area (TPSA) is 48.1 Å². The van der Waals surface area contributed by atoms with E-state index in [1.165, 1.54) is 5.56 Å². The molecular weight excluding hydrogens is 280 g/mol. The molecule has 0 amide bonds. The van der Waals surface area contributed by atoms with E-state index in [2.05, 4.69) is 49.3 Å². The minimum absolute atomic E-state index is 0.145. The highest BCUT2D eigenvalue weighted by Gasteiger charge is 2.20. The Morgan fingerprint density at radius 2 is 2.05 bits per heavy atom. The molecule has 2 aromatic rings. The largest absolute Gasteiger partial charge is 0.493 e. The molecule has 3 nitrogen and oxygen atoms in total. The number of ether oxygens (including phenoxy) is 1. The lowest BCUT2D eigenvalue weighted by molar-refractivity contribution is 0.341. The number of benzene rings is 1. The molecular formula is C17H24N2OS. The standard InChI is InChI=1S/C17H24N2OS/c1-5-17(3,4)12-7-8-15(20-6-2)13(9-12)14-11-21-16(10-18)19-14/h7-9,11H,5-6,10,18H2,1-4H3. The summed E-state index contributed by atoms with van der Waals surface area (Å²) in [6, 6.07) is 6.44. The summed E-state index contributed by atoms with van der Waals surface area (Å²) in [5.74, 6) is 0.891. The molecule has 2 rings (SSSR count). The van der Waals surface area contributed by atoms with Crippen molar-refractivity contribution in [2.75, 3.05) is 6.61 Å². The predicted molar refractivity (Wildman–Crippen MR) is 89.9 cm³/mol. The highest BCUT2D eigenvalue weighted by atomic mass is 32.1. The van der Waals surface area contributed by atoms with E-state index in [1.807, 2.05) is 6.92 Å². The molecule has 2 N–H and O–H groups in total. The van der Waals surface area contributed by atoms with Gasteiger partial charge in [-0.15, -0.1) is 11.3 Å². The van der Waals surface area contributed by atoms with Crippen LogP contribution in [0.2, 0.25) is 0 Å². The summed E-state index contributed by atoms with van der Waals surface area (Å²) >= 11 is 1.60. The summed E-state index contributed by atoms with van der Waals surface area (Å²) in [5, 5.41) is 3.01. The lowest BCUT2D eigenvalue weighted by Gasteiger charge is -2.24. The van der Waals surface area contributed by atoms with Crippen LogP contribution < -0.4 is 10.5 Å². The van der Waals surface area contributed by atoms with E-state index in [0.29, 0.717) is 13.2 Å². The maximum absolute atomic E-state index is 5.77. The Kier molecular flexibility index (Phi) is 5.01. The van der Waals surface area contributed by atoms with Crippen molar-refractivity contribution in [2.45, 2.75) is 46.1 Å². The van der Waals surface area contributed by atoms with Gasteiger partial charge in [-0.05, 0) is 36.5 Å². The van der Waals surface area contributed by atoms with Gasteiger partial charge < -0.3 is 10.5 Å². The molecule has 0 aliphatic carbocycles. The normalized spacial score (nSPS) is 11.7. The molecule has 1 aromatic carbocycles. The Morgan fingerprint density at radius 3 is 2.62 bits per heavy atom. The van der Waals surface area contributed by atoms with Gasteiger partial charge in [-0.25, -0.2) is 4.98 Å². The first-order valence-corrected chi connectivity index (χ1v) is 8.32. The zero-order valence-corrected chi connectivity index (χ0v) is 14.1. The van der Waals surface area contributed by atoms with Gasteiger partial charge in [0.2, 0.25) is 0 Å². The van der Waals surface area contributed by atoms with Crippen molar-refractivity contribution in [3.05, 3.63) is 34.2 Å². The Hall–Kier alpha value is -1.39. The summed E-state index contributed by atoms with van der Waals surface area (Å²) in [7, 11) is 0. The molecule has 4 heteroatoms. The molecule has 1 aromatic heterocycles. The van der Waals surface area contributed by atoms with Gasteiger partial charge in [-0.1, -0.05) is 26.8 Å². The lowest BCUT2D eigenvalue weighted by atomic mass is 9.81. The van der Waals surface area contributed by atoms with Gasteiger partial charge in [0, 0.05) is 17.5 Å². The Balaban J connectivity index is 2.51. The van der Waals surface area contributed by atoms with Gasteiger partial charge >= 0.3 is 0 Å². The molecule has 114 valence electrons. The van der Waals surface area contributed by atoms with Gasteiger partial charge in [-0.2, -0.15) is 0 Å². The van der Waals surface area contributed by atoms with Crippen molar-refractivity contribution in [2.24, 2.45) is 5.73 Å². The number of thiazole rings is 1. The summed E-state index contributed by atoms with van der Waals surface area (Å²) in [6.07, 6.45) is 1.09. The van der Waals surface area contributed by atoms with Crippen LogP contribution in [0.25, 0.3) is 11.3 Å². The summed E-state index contributed by atoms with van der Waals surface area (Å²) in [5.41, 5.74) is 9.15. The fraction of sp³-hybridized carbons (Fsp3) is 0.471. The van der Waals surface area contributed by atoms with Gasteiger partial charge in [0.15, 0.2) is 0 Å². The molecule has 0 spiro atoms. The van der Waals surface area contributed by atoms with Crippen molar-refractivity contribution in [3.8, 4) is 17.0 Å². The minimum Gasteiger partial charge on any atom is -0.493 e. The second-order valence-electron chi connectivity index (χ2n) is 5.71. The Labute approximate surface area is 131 Å². The molecule has 0 radical (unpaired) electrons. The third-order valence-corrected chi connectivity index (χ3v) is 4.82. The lowest BCUT2D eigenvalue weighted by Crippen LogP contribution is -2.15. The second kappa shape index (κ2) is 6.58. The van der Waals surface area contributed by atoms with Gasteiger partial charge in [0.1, 0.15) is 10.8 Å². The van der Waals surface area contributed by atoms with Crippen molar-refractivity contribution in [3.63, 3.8) is 0 Å². The Bertz CT molecular complexity index is 605. The molecule has 0 unspecified atom stereocenters. The van der Waals surface area contributed by atoms with E-state index in [0.717, 1.165) is 28.4 Å². The van der Waals surface area contributed by atoms with Crippen LogP contribution in [-0.4, -0.2) is 11.6 Å². The van der Waals surface area contributed by atoms with Crippen molar-refractivity contribution >= 4 is 11.3 Å². The molecule has 21 heavy (non-hydrogen) atoms.